The molecule has 0 saturated carbocycles. The van der Waals surface area contributed by atoms with Crippen LogP contribution in [0.2, 0.25) is 0 Å². The van der Waals surface area contributed by atoms with Crippen LogP contribution in [0.3, 0.4) is 0 Å². The summed E-state index contributed by atoms with van der Waals surface area (Å²) < 4.78 is 9.83. The average Bonchev–Trinajstić information content (AvgIpc) is 2.96. The minimum atomic E-state index is -0.504. The van der Waals surface area contributed by atoms with Gasteiger partial charge in [-0.3, -0.25) is 0 Å². The van der Waals surface area contributed by atoms with Crippen LogP contribution in [0, 0.1) is 0 Å². The molecule has 2 rings (SSSR count). The van der Waals surface area contributed by atoms with E-state index in [-0.39, 0.29) is 18.0 Å². The van der Waals surface area contributed by atoms with Gasteiger partial charge in [0, 0.05) is 24.4 Å². The summed E-state index contributed by atoms with van der Waals surface area (Å²) in [5, 5.41) is 2.68. The molecule has 0 aromatic carbocycles. The first-order chi connectivity index (χ1) is 10.8. The van der Waals surface area contributed by atoms with Crippen molar-refractivity contribution in [3.05, 3.63) is 16.1 Å². The van der Waals surface area contributed by atoms with Crippen molar-refractivity contribution in [2.45, 2.75) is 43.1 Å². The molecule has 0 radical (unpaired) electrons. The highest BCUT2D eigenvalue weighted by molar-refractivity contribution is 14.1. The highest BCUT2D eigenvalue weighted by Crippen LogP contribution is 2.31. The maximum absolute atomic E-state index is 12.0. The Kier molecular flexibility index (Phi) is 6.24. The number of piperidine rings is 1. The number of hydrogen-bond donors (Lipinski definition) is 0. The zero-order valence-electron chi connectivity index (χ0n) is 13.5. The van der Waals surface area contributed by atoms with E-state index in [0.29, 0.717) is 25.4 Å². The number of hydrogen-bond acceptors (Lipinski definition) is 6. The second-order valence-electron chi connectivity index (χ2n) is 5.78. The molecule has 6 nitrogen and oxygen atoms in total. The van der Waals surface area contributed by atoms with Gasteiger partial charge in [0.2, 0.25) is 0 Å². The maximum Gasteiger partial charge on any atom is 0.411 e. The van der Waals surface area contributed by atoms with Gasteiger partial charge in [-0.05, 0) is 56.2 Å². The third-order valence-corrected chi connectivity index (χ3v) is 4.67. The lowest BCUT2D eigenvalue weighted by Gasteiger charge is -2.32. The monoisotopic (exact) mass is 452 g/mol. The maximum atomic E-state index is 12.0. The Labute approximate surface area is 153 Å². The number of aromatic nitrogens is 1. The Hall–Kier alpha value is -0.900. The molecule has 1 aromatic heterocycles. The summed E-state index contributed by atoms with van der Waals surface area (Å²) in [5.74, 6) is -0.0971. The summed E-state index contributed by atoms with van der Waals surface area (Å²) in [6.07, 6.45) is 1.38. The molecule has 8 heteroatoms. The van der Waals surface area contributed by atoms with E-state index >= 15 is 0 Å². The summed E-state index contributed by atoms with van der Waals surface area (Å²) in [7, 11) is 0. The lowest BCUT2D eigenvalue weighted by atomic mass is 9.98. The Morgan fingerprint density at radius 3 is 2.65 bits per heavy atom. The van der Waals surface area contributed by atoms with Gasteiger partial charge < -0.3 is 14.4 Å². The number of ether oxygens (including phenoxy) is 2. The molecule has 0 N–H and O–H groups in total. The zero-order chi connectivity index (χ0) is 17.0. The summed E-state index contributed by atoms with van der Waals surface area (Å²) in [6.45, 7) is 7.11. The number of nitrogens with zero attached hydrogens (tertiary/aromatic N) is 2. The normalized spacial score (nSPS) is 16.3. The van der Waals surface area contributed by atoms with Crippen molar-refractivity contribution in [1.29, 1.82) is 0 Å². The molecule has 0 bridgehead atoms. The van der Waals surface area contributed by atoms with Gasteiger partial charge in [0.25, 0.3) is 0 Å². The third kappa shape index (κ3) is 5.30. The van der Waals surface area contributed by atoms with Gasteiger partial charge in [0.05, 0.1) is 11.6 Å². The summed E-state index contributed by atoms with van der Waals surface area (Å²) in [5.41, 5.74) is 0.375. The van der Waals surface area contributed by atoms with Gasteiger partial charge >= 0.3 is 12.1 Å². The minimum Gasteiger partial charge on any atom is -0.461 e. The fraction of sp³-hybridized carbons (Fsp3) is 0.667. The number of likely N-dealkylation sites (tertiary alicyclic amines) is 1. The Morgan fingerprint density at radius 1 is 1.43 bits per heavy atom. The first kappa shape index (κ1) is 18.4. The van der Waals surface area contributed by atoms with E-state index in [1.807, 2.05) is 13.8 Å². The van der Waals surface area contributed by atoms with Crippen molar-refractivity contribution < 1.29 is 19.1 Å². The van der Waals surface area contributed by atoms with Gasteiger partial charge in [-0.2, -0.15) is 0 Å². The summed E-state index contributed by atoms with van der Waals surface area (Å²) >= 11 is 3.58. The van der Waals surface area contributed by atoms with Gasteiger partial charge in [-0.1, -0.05) is 0 Å². The highest BCUT2D eigenvalue weighted by Gasteiger charge is 2.29. The van der Waals surface area contributed by atoms with Crippen molar-refractivity contribution in [3.8, 4) is 0 Å². The van der Waals surface area contributed by atoms with Crippen molar-refractivity contribution in [1.82, 2.24) is 9.88 Å². The largest absolute Gasteiger partial charge is 0.461 e. The number of carbonyl (C=O) groups is 2. The predicted octanol–water partition coefficient (Wildman–Crippen LogP) is 3.81. The van der Waals surface area contributed by atoms with Gasteiger partial charge in [0.15, 0.2) is 9.30 Å². The van der Waals surface area contributed by atoms with Crippen LogP contribution in [0.4, 0.5) is 4.79 Å². The molecule has 2 heterocycles. The molecule has 0 spiro atoms. The standard InChI is InChI=1S/C15H21IN2O4S/c1-4-21-13(19)11-9-23-12(17-11)10-5-7-18(8-6-10)14(20)22-15(2,3)16/h9-10H,4-8H2,1-3H3. The molecule has 23 heavy (non-hydrogen) atoms. The van der Waals surface area contributed by atoms with E-state index < -0.39 is 3.61 Å². The smallest absolute Gasteiger partial charge is 0.411 e. The fourth-order valence-electron chi connectivity index (χ4n) is 2.36. The molecule has 1 aliphatic rings. The number of thiazole rings is 1. The van der Waals surface area contributed by atoms with Crippen LogP contribution in [0.25, 0.3) is 0 Å². The molecular weight excluding hydrogens is 431 g/mol. The average molecular weight is 452 g/mol. The molecule has 1 aliphatic heterocycles. The molecule has 0 unspecified atom stereocenters. The molecule has 1 fully saturated rings. The fourth-order valence-corrected chi connectivity index (χ4v) is 3.50. The molecule has 1 aromatic rings. The minimum absolute atomic E-state index is 0.269. The number of amides is 1. The molecule has 0 atom stereocenters. The number of carbonyl (C=O) groups excluding carboxylic acids is 2. The van der Waals surface area contributed by atoms with Gasteiger partial charge in [-0.25, -0.2) is 14.6 Å². The van der Waals surface area contributed by atoms with E-state index in [0.717, 1.165) is 17.8 Å². The topological polar surface area (TPSA) is 68.7 Å². The van der Waals surface area contributed by atoms with E-state index in [2.05, 4.69) is 27.6 Å². The number of halogens is 1. The van der Waals surface area contributed by atoms with Crippen LogP contribution in [0.1, 0.15) is 55.0 Å². The van der Waals surface area contributed by atoms with Crippen molar-refractivity contribution in [2.24, 2.45) is 0 Å². The number of alkyl halides is 1. The number of esters is 1. The van der Waals surface area contributed by atoms with Crippen LogP contribution < -0.4 is 0 Å². The van der Waals surface area contributed by atoms with Crippen LogP contribution in [0.5, 0.6) is 0 Å². The third-order valence-electron chi connectivity index (χ3n) is 3.44. The highest BCUT2D eigenvalue weighted by atomic mass is 127. The van der Waals surface area contributed by atoms with Crippen molar-refractivity contribution in [2.75, 3.05) is 19.7 Å². The summed E-state index contributed by atoms with van der Waals surface area (Å²) in [6, 6.07) is 0. The van der Waals surface area contributed by atoms with E-state index in [9.17, 15) is 9.59 Å². The molecule has 1 saturated heterocycles. The number of rotatable bonds is 4. The van der Waals surface area contributed by atoms with Crippen LogP contribution in [0.15, 0.2) is 5.38 Å². The predicted molar refractivity (Wildman–Crippen MR) is 96.2 cm³/mol. The first-order valence-electron chi connectivity index (χ1n) is 7.59. The Balaban J connectivity index is 1.89. The van der Waals surface area contributed by atoms with E-state index in [1.54, 1.807) is 17.2 Å². The molecule has 1 amide bonds. The van der Waals surface area contributed by atoms with Gasteiger partial charge in [-0.15, -0.1) is 11.3 Å². The molecular formula is C15H21IN2O4S. The Bertz CT molecular complexity index is 562. The first-order valence-corrected chi connectivity index (χ1v) is 9.55. The van der Waals surface area contributed by atoms with Crippen LogP contribution >= 0.6 is 33.9 Å². The van der Waals surface area contributed by atoms with E-state index in [1.165, 1.54) is 11.3 Å². The second-order valence-corrected chi connectivity index (χ2v) is 9.27. The van der Waals surface area contributed by atoms with Crippen LogP contribution in [-0.4, -0.2) is 45.3 Å². The lowest BCUT2D eigenvalue weighted by Crippen LogP contribution is -2.40. The second kappa shape index (κ2) is 7.78. The zero-order valence-corrected chi connectivity index (χ0v) is 16.5. The van der Waals surface area contributed by atoms with Gasteiger partial charge in [0.1, 0.15) is 0 Å². The molecule has 0 aliphatic carbocycles. The van der Waals surface area contributed by atoms with Crippen LogP contribution in [-0.2, 0) is 9.47 Å². The Morgan fingerprint density at radius 2 is 2.09 bits per heavy atom. The summed E-state index contributed by atoms with van der Waals surface area (Å²) in [4.78, 5) is 29.8. The molecule has 128 valence electrons. The quantitative estimate of drug-likeness (QED) is 0.395. The SMILES string of the molecule is CCOC(=O)c1csc(C2CCN(C(=O)OC(C)(C)I)CC2)n1. The van der Waals surface area contributed by atoms with Crippen molar-refractivity contribution >= 4 is 46.0 Å². The van der Waals surface area contributed by atoms with E-state index in [4.69, 9.17) is 9.47 Å². The lowest BCUT2D eigenvalue weighted by molar-refractivity contribution is 0.0520. The van der Waals surface area contributed by atoms with Crippen molar-refractivity contribution in [3.63, 3.8) is 0 Å².